The largest absolute Gasteiger partial charge is 0.497 e. The minimum absolute atomic E-state index is 0.0853. The van der Waals surface area contributed by atoms with E-state index >= 15 is 0 Å². The van der Waals surface area contributed by atoms with Crippen molar-refractivity contribution in [3.05, 3.63) is 96.3 Å². The number of carbonyl (C=O) groups excluding carboxylic acids is 1. The minimum atomic E-state index is -0.0853. The topological polar surface area (TPSA) is 72.2 Å². The zero-order valence-electron chi connectivity index (χ0n) is 23.6. The van der Waals surface area contributed by atoms with Crippen LogP contribution in [0, 0.1) is 6.92 Å². The summed E-state index contributed by atoms with van der Waals surface area (Å²) in [5.41, 5.74) is 6.64. The van der Waals surface area contributed by atoms with E-state index in [0.29, 0.717) is 44.1 Å². The molecule has 0 N–H and O–H groups in total. The van der Waals surface area contributed by atoms with Crippen molar-refractivity contribution in [3.8, 4) is 33.9 Å². The molecule has 1 aliphatic heterocycles. The lowest BCUT2D eigenvalue weighted by Crippen LogP contribution is -2.49. The van der Waals surface area contributed by atoms with Crippen molar-refractivity contribution in [1.82, 2.24) is 19.5 Å². The van der Waals surface area contributed by atoms with Gasteiger partial charge in [0.25, 0.3) is 5.91 Å². The lowest BCUT2D eigenvalue weighted by atomic mass is 10.1. The Hall–Kier alpha value is -4.85. The molecular formula is C33H33N5O3. The van der Waals surface area contributed by atoms with Crippen LogP contribution in [0.15, 0.2) is 84.9 Å². The molecule has 2 aromatic heterocycles. The third-order valence-electron chi connectivity index (χ3n) is 7.50. The fraction of sp³-hybridized carbons (Fsp3) is 0.242. The van der Waals surface area contributed by atoms with Gasteiger partial charge in [-0.25, -0.2) is 9.50 Å². The molecule has 8 heteroatoms. The van der Waals surface area contributed by atoms with Crippen molar-refractivity contribution in [2.75, 3.05) is 44.8 Å². The van der Waals surface area contributed by atoms with E-state index in [-0.39, 0.29) is 5.91 Å². The number of para-hydroxylation sites is 2. The van der Waals surface area contributed by atoms with Gasteiger partial charge in [-0.2, -0.15) is 5.10 Å². The number of benzene rings is 3. The second-order valence-corrected chi connectivity index (χ2v) is 10.00. The van der Waals surface area contributed by atoms with Crippen molar-refractivity contribution in [3.63, 3.8) is 0 Å². The highest BCUT2D eigenvalue weighted by Gasteiger charge is 2.27. The molecule has 41 heavy (non-hydrogen) atoms. The van der Waals surface area contributed by atoms with Gasteiger partial charge in [0, 0.05) is 37.3 Å². The van der Waals surface area contributed by atoms with Crippen LogP contribution in [0.4, 0.5) is 5.69 Å². The fourth-order valence-electron chi connectivity index (χ4n) is 5.45. The third-order valence-corrected chi connectivity index (χ3v) is 7.50. The summed E-state index contributed by atoms with van der Waals surface area (Å²) in [6, 6.07) is 27.8. The minimum Gasteiger partial charge on any atom is -0.497 e. The first-order chi connectivity index (χ1) is 20.1. The van der Waals surface area contributed by atoms with E-state index in [0.717, 1.165) is 45.3 Å². The molecule has 3 aromatic carbocycles. The number of nitrogens with zero attached hydrogens (tertiary/aromatic N) is 5. The Bertz CT molecular complexity index is 1670. The predicted molar refractivity (Wildman–Crippen MR) is 161 cm³/mol. The number of aromatic nitrogens is 3. The molecule has 0 unspecified atom stereocenters. The maximum Gasteiger partial charge on any atom is 0.272 e. The van der Waals surface area contributed by atoms with E-state index in [1.165, 1.54) is 0 Å². The van der Waals surface area contributed by atoms with Crippen LogP contribution in [-0.2, 0) is 0 Å². The summed E-state index contributed by atoms with van der Waals surface area (Å²) in [6.07, 6.45) is 0. The molecular weight excluding hydrogens is 514 g/mol. The van der Waals surface area contributed by atoms with Gasteiger partial charge in [0.2, 0.25) is 0 Å². The SMILES string of the molecule is CCOc1ccccc1N1CCN(C(=O)c2cc(-c3ccc(OC)cc3)n3nc(C)c(-c4ccccc4)c3n2)CC1. The Kier molecular flexibility index (Phi) is 7.29. The van der Waals surface area contributed by atoms with Gasteiger partial charge in [0.15, 0.2) is 5.65 Å². The van der Waals surface area contributed by atoms with Crippen molar-refractivity contribution in [2.45, 2.75) is 13.8 Å². The van der Waals surface area contributed by atoms with Crippen LogP contribution in [-0.4, -0.2) is 65.3 Å². The molecule has 5 aromatic rings. The van der Waals surface area contributed by atoms with Crippen LogP contribution in [0.5, 0.6) is 11.5 Å². The monoisotopic (exact) mass is 547 g/mol. The molecule has 6 rings (SSSR count). The maximum absolute atomic E-state index is 14.0. The molecule has 0 atom stereocenters. The number of hydrogen-bond donors (Lipinski definition) is 0. The van der Waals surface area contributed by atoms with E-state index in [9.17, 15) is 4.79 Å². The number of methoxy groups -OCH3 is 1. The average Bonchev–Trinajstić information content (AvgIpc) is 3.37. The van der Waals surface area contributed by atoms with E-state index in [1.807, 2.05) is 102 Å². The van der Waals surface area contributed by atoms with Gasteiger partial charge in [0.05, 0.1) is 30.8 Å². The third kappa shape index (κ3) is 5.09. The number of amides is 1. The van der Waals surface area contributed by atoms with Crippen LogP contribution >= 0.6 is 0 Å². The summed E-state index contributed by atoms with van der Waals surface area (Å²) in [7, 11) is 1.65. The number of anilines is 1. The first kappa shape index (κ1) is 26.4. The molecule has 3 heterocycles. The number of fused-ring (bicyclic) bond motifs is 1. The van der Waals surface area contributed by atoms with Crippen molar-refractivity contribution in [1.29, 1.82) is 0 Å². The number of ether oxygens (including phenoxy) is 2. The number of piperazine rings is 1. The normalized spacial score (nSPS) is 13.4. The van der Waals surface area contributed by atoms with Crippen molar-refractivity contribution >= 4 is 17.2 Å². The molecule has 1 saturated heterocycles. The molecule has 0 aliphatic carbocycles. The zero-order chi connectivity index (χ0) is 28.3. The summed E-state index contributed by atoms with van der Waals surface area (Å²) in [6.45, 7) is 7.19. The summed E-state index contributed by atoms with van der Waals surface area (Å²) in [4.78, 5) is 23.1. The van der Waals surface area contributed by atoms with Gasteiger partial charge in [-0.15, -0.1) is 0 Å². The Morgan fingerprint density at radius 2 is 1.59 bits per heavy atom. The Morgan fingerprint density at radius 3 is 2.29 bits per heavy atom. The Labute approximate surface area is 239 Å². The summed E-state index contributed by atoms with van der Waals surface area (Å²) in [5.74, 6) is 1.55. The van der Waals surface area contributed by atoms with Gasteiger partial charge in [-0.3, -0.25) is 4.79 Å². The lowest BCUT2D eigenvalue weighted by molar-refractivity contribution is 0.0741. The highest BCUT2D eigenvalue weighted by atomic mass is 16.5. The van der Waals surface area contributed by atoms with Crippen LogP contribution < -0.4 is 14.4 Å². The molecule has 0 bridgehead atoms. The summed E-state index contributed by atoms with van der Waals surface area (Å²) in [5, 5.41) is 4.87. The van der Waals surface area contributed by atoms with E-state index in [2.05, 4.69) is 11.0 Å². The molecule has 1 aliphatic rings. The molecule has 8 nitrogen and oxygen atoms in total. The van der Waals surface area contributed by atoms with E-state index in [1.54, 1.807) is 7.11 Å². The standard InChI is InChI=1S/C33H33N5O3/c1-4-41-30-13-9-8-12-28(30)36-18-20-37(21-19-36)33(39)27-22-29(24-14-16-26(40-3)17-15-24)38-32(34-27)31(23(2)35-38)25-10-6-5-7-11-25/h5-17,22H,4,18-21H2,1-3H3. The van der Waals surface area contributed by atoms with Crippen LogP contribution in [0.1, 0.15) is 23.1 Å². The molecule has 0 saturated carbocycles. The summed E-state index contributed by atoms with van der Waals surface area (Å²) >= 11 is 0. The summed E-state index contributed by atoms with van der Waals surface area (Å²) < 4.78 is 13.1. The highest BCUT2D eigenvalue weighted by molar-refractivity contribution is 5.95. The lowest BCUT2D eigenvalue weighted by Gasteiger charge is -2.36. The van der Waals surface area contributed by atoms with Crippen LogP contribution in [0.2, 0.25) is 0 Å². The number of carbonyl (C=O) groups is 1. The van der Waals surface area contributed by atoms with Crippen LogP contribution in [0.3, 0.4) is 0 Å². The zero-order valence-corrected chi connectivity index (χ0v) is 23.6. The molecule has 0 radical (unpaired) electrons. The van der Waals surface area contributed by atoms with E-state index < -0.39 is 0 Å². The first-order valence-electron chi connectivity index (χ1n) is 13.9. The Balaban J connectivity index is 1.36. The maximum atomic E-state index is 14.0. The van der Waals surface area contributed by atoms with Gasteiger partial charge < -0.3 is 19.3 Å². The van der Waals surface area contributed by atoms with Crippen molar-refractivity contribution in [2.24, 2.45) is 0 Å². The number of hydrogen-bond acceptors (Lipinski definition) is 6. The highest BCUT2D eigenvalue weighted by Crippen LogP contribution is 2.32. The fourth-order valence-corrected chi connectivity index (χ4v) is 5.45. The molecule has 208 valence electrons. The van der Waals surface area contributed by atoms with Gasteiger partial charge in [0.1, 0.15) is 17.2 Å². The molecule has 1 amide bonds. The van der Waals surface area contributed by atoms with Gasteiger partial charge in [-0.05, 0) is 61.9 Å². The van der Waals surface area contributed by atoms with Crippen LogP contribution in [0.25, 0.3) is 28.0 Å². The number of rotatable bonds is 7. The van der Waals surface area contributed by atoms with Crippen molar-refractivity contribution < 1.29 is 14.3 Å². The quantitative estimate of drug-likeness (QED) is 0.259. The smallest absolute Gasteiger partial charge is 0.272 e. The number of aryl methyl sites for hydroxylation is 1. The second-order valence-electron chi connectivity index (χ2n) is 10.00. The van der Waals surface area contributed by atoms with Gasteiger partial charge in [-0.1, -0.05) is 42.5 Å². The Morgan fingerprint density at radius 1 is 0.878 bits per heavy atom. The second kappa shape index (κ2) is 11.3. The average molecular weight is 548 g/mol. The molecule has 1 fully saturated rings. The first-order valence-corrected chi connectivity index (χ1v) is 13.9. The molecule has 0 spiro atoms. The van der Waals surface area contributed by atoms with E-state index in [4.69, 9.17) is 19.6 Å². The van der Waals surface area contributed by atoms with Gasteiger partial charge >= 0.3 is 0 Å². The predicted octanol–water partition coefficient (Wildman–Crippen LogP) is 5.74.